The number of ether oxygens (including phenoxy) is 6. The van der Waals surface area contributed by atoms with E-state index in [1.807, 2.05) is 0 Å². The molecule has 0 heterocycles. The number of aliphatic hydroxyl groups excluding tert-OH is 1. The summed E-state index contributed by atoms with van der Waals surface area (Å²) in [5.41, 5.74) is 0. The highest BCUT2D eigenvalue weighted by atomic mass is 16.7. The molecular weight excluding hydrogens is 867 g/mol. The van der Waals surface area contributed by atoms with Gasteiger partial charge in [0.2, 0.25) is 0 Å². The molecule has 13 nitrogen and oxygen atoms in total. The molecule has 68 heavy (non-hydrogen) atoms. The Morgan fingerprint density at radius 2 is 0.912 bits per heavy atom. The van der Waals surface area contributed by atoms with Crippen LogP contribution in [0, 0.1) is 11.8 Å². The van der Waals surface area contributed by atoms with E-state index in [0.29, 0.717) is 57.7 Å². The van der Waals surface area contributed by atoms with Crippen LogP contribution in [0.1, 0.15) is 220 Å². The molecule has 0 saturated heterocycles. The van der Waals surface area contributed by atoms with Gasteiger partial charge in [-0.05, 0) is 83.5 Å². The van der Waals surface area contributed by atoms with Gasteiger partial charge in [0.15, 0.2) is 0 Å². The third kappa shape index (κ3) is 38.4. The van der Waals surface area contributed by atoms with Crippen molar-refractivity contribution in [3.63, 3.8) is 0 Å². The molecule has 0 aromatic carbocycles. The Bertz CT molecular complexity index is 1290. The topological polar surface area (TPSA) is 164 Å². The lowest BCUT2D eigenvalue weighted by molar-refractivity contribution is -0.152. The Morgan fingerprint density at radius 1 is 0.485 bits per heavy atom. The highest BCUT2D eigenvalue weighted by molar-refractivity contribution is 5.70. The van der Waals surface area contributed by atoms with Crippen LogP contribution in [-0.4, -0.2) is 105 Å². The van der Waals surface area contributed by atoms with Crippen LogP contribution in [0.5, 0.6) is 0 Å². The highest BCUT2D eigenvalue weighted by Gasteiger charge is 2.24. The maximum atomic E-state index is 13.0. The van der Waals surface area contributed by atoms with Gasteiger partial charge in [-0.2, -0.15) is 0 Å². The van der Waals surface area contributed by atoms with E-state index in [2.05, 4.69) is 50.0 Å². The number of allylic oxidation sites excluding steroid dienone is 4. The Kier molecular flexibility index (Phi) is 42.3. The molecule has 0 bridgehead atoms. The fourth-order valence-electron chi connectivity index (χ4n) is 7.86. The molecule has 394 valence electrons. The first kappa shape index (κ1) is 62.6. The minimum Gasteiger partial charge on any atom is -0.465 e. The highest BCUT2D eigenvalue weighted by Crippen LogP contribution is 2.24. The lowest BCUT2D eigenvalue weighted by Gasteiger charge is -2.37. The Morgan fingerprint density at radius 3 is 1.40 bits per heavy atom. The largest absolute Gasteiger partial charge is 0.508 e. The maximum Gasteiger partial charge on any atom is 0.508 e. The van der Waals surface area contributed by atoms with Crippen LogP contribution in [0.3, 0.4) is 0 Å². The number of rotatable bonds is 47. The van der Waals surface area contributed by atoms with E-state index < -0.39 is 18.0 Å². The Labute approximate surface area is 412 Å². The summed E-state index contributed by atoms with van der Waals surface area (Å²) in [6.07, 6.45) is 36.3. The first-order valence-corrected chi connectivity index (χ1v) is 27.3. The molecule has 1 rings (SSSR count). The summed E-state index contributed by atoms with van der Waals surface area (Å²) in [6, 6.07) is 0.468. The van der Waals surface area contributed by atoms with Gasteiger partial charge in [-0.15, -0.1) is 0 Å². The van der Waals surface area contributed by atoms with Crippen LogP contribution in [0.4, 0.5) is 4.79 Å². The number of nitrogens with zero attached hydrogens (tertiary/aromatic N) is 1. The van der Waals surface area contributed by atoms with Gasteiger partial charge in [-0.3, -0.25) is 24.1 Å². The molecule has 0 radical (unpaired) electrons. The van der Waals surface area contributed by atoms with Crippen LogP contribution in [0.15, 0.2) is 24.3 Å². The van der Waals surface area contributed by atoms with Crippen molar-refractivity contribution in [2.75, 3.05) is 59.3 Å². The van der Waals surface area contributed by atoms with Crippen molar-refractivity contribution in [1.82, 2.24) is 4.90 Å². The molecule has 1 N–H and O–H groups in total. The summed E-state index contributed by atoms with van der Waals surface area (Å²) in [4.78, 5) is 65.5. The summed E-state index contributed by atoms with van der Waals surface area (Å²) >= 11 is 0. The molecule has 1 fully saturated rings. The molecule has 0 amide bonds. The van der Waals surface area contributed by atoms with Crippen LogP contribution in [0.25, 0.3) is 0 Å². The monoisotopic (exact) mass is 964 g/mol. The quantitative estimate of drug-likeness (QED) is 0.0265. The minimum absolute atomic E-state index is 0.0731. The molecular formula is C55H97NO12. The molecule has 1 aliphatic rings. The zero-order valence-corrected chi connectivity index (χ0v) is 43.2. The Hall–Kier alpha value is -3.45. The molecule has 1 atom stereocenters. The normalized spacial score (nSPS) is 13.3. The smallest absolute Gasteiger partial charge is 0.465 e. The van der Waals surface area contributed by atoms with E-state index in [-0.39, 0.29) is 82.9 Å². The van der Waals surface area contributed by atoms with Crippen molar-refractivity contribution >= 4 is 30.0 Å². The SMILES string of the molecule is CCCCC/C=C\C/C=C\CCCCCCCC(=O)OCC(COC(=O)CCCC(COC(=O)CCCCCCC)COC(=O)CCCCCCC)COC(=O)OCCCN(CCO)C1CCC1. The standard InChI is InChI=1S/C55H97NO12/c1-4-7-10-13-14-15-16-17-18-19-20-21-22-25-28-37-53(60)66-45-49(47-68-55(62)63-42-31-39-56(40-41-57)50-33-30-34-50)46-67-54(61)38-29-32-48(43-64-51(58)35-26-23-11-8-5-2)44-65-52(59)36-27-24-12-9-6-3/h14-15,17-18,48-50,57H,4-13,16,19-47H2,1-3H3/b15-14-,18-17-. The van der Waals surface area contributed by atoms with Gasteiger partial charge in [0.05, 0.1) is 32.3 Å². The van der Waals surface area contributed by atoms with Gasteiger partial charge in [0.25, 0.3) is 0 Å². The van der Waals surface area contributed by atoms with Gasteiger partial charge in [-0.1, -0.05) is 135 Å². The predicted molar refractivity (Wildman–Crippen MR) is 269 cm³/mol. The molecule has 1 unspecified atom stereocenters. The van der Waals surface area contributed by atoms with E-state index in [1.54, 1.807) is 0 Å². The summed E-state index contributed by atoms with van der Waals surface area (Å²) in [7, 11) is 0. The van der Waals surface area contributed by atoms with Gasteiger partial charge < -0.3 is 33.5 Å². The first-order valence-electron chi connectivity index (χ1n) is 27.3. The van der Waals surface area contributed by atoms with Crippen molar-refractivity contribution < 1.29 is 57.5 Å². The molecule has 13 heteroatoms. The van der Waals surface area contributed by atoms with Crippen LogP contribution >= 0.6 is 0 Å². The second-order valence-electron chi connectivity index (χ2n) is 18.8. The first-order chi connectivity index (χ1) is 33.2. The number of hydrogen-bond donors (Lipinski definition) is 1. The summed E-state index contributed by atoms with van der Waals surface area (Å²) in [5, 5.41) is 9.44. The zero-order valence-electron chi connectivity index (χ0n) is 43.2. The second kappa shape index (κ2) is 46.0. The van der Waals surface area contributed by atoms with E-state index in [0.717, 1.165) is 122 Å². The predicted octanol–water partition coefficient (Wildman–Crippen LogP) is 12.5. The zero-order chi connectivity index (χ0) is 49.6. The third-order valence-corrected chi connectivity index (χ3v) is 12.4. The maximum absolute atomic E-state index is 13.0. The van der Waals surface area contributed by atoms with Crippen molar-refractivity contribution in [2.45, 2.75) is 226 Å². The molecule has 0 aromatic heterocycles. The van der Waals surface area contributed by atoms with Gasteiger partial charge in [-0.25, -0.2) is 4.79 Å². The number of carbonyl (C=O) groups is 5. The summed E-state index contributed by atoms with van der Waals surface area (Å²) in [6.45, 7) is 7.87. The third-order valence-electron chi connectivity index (χ3n) is 12.4. The van der Waals surface area contributed by atoms with Gasteiger partial charge in [0, 0.05) is 50.7 Å². The van der Waals surface area contributed by atoms with Crippen LogP contribution in [0.2, 0.25) is 0 Å². The Balaban J connectivity index is 2.62. The average Bonchev–Trinajstić information content (AvgIpc) is 3.31. The minimum atomic E-state index is -0.851. The number of esters is 4. The average molecular weight is 964 g/mol. The summed E-state index contributed by atoms with van der Waals surface area (Å²) < 4.78 is 33.1. The molecule has 0 aliphatic heterocycles. The van der Waals surface area contributed by atoms with Gasteiger partial charge in [0.1, 0.15) is 19.8 Å². The van der Waals surface area contributed by atoms with Gasteiger partial charge >= 0.3 is 30.0 Å². The van der Waals surface area contributed by atoms with E-state index in [1.165, 1.54) is 25.7 Å². The van der Waals surface area contributed by atoms with Crippen LogP contribution < -0.4 is 0 Å². The molecule has 0 aromatic rings. The van der Waals surface area contributed by atoms with Crippen molar-refractivity contribution in [2.24, 2.45) is 11.8 Å². The number of carbonyl (C=O) groups excluding carboxylic acids is 5. The summed E-state index contributed by atoms with van der Waals surface area (Å²) in [5.74, 6) is -2.24. The van der Waals surface area contributed by atoms with Crippen molar-refractivity contribution in [3.8, 4) is 0 Å². The number of unbranched alkanes of at least 4 members (excludes halogenated alkanes) is 16. The molecule has 1 aliphatic carbocycles. The fourth-order valence-corrected chi connectivity index (χ4v) is 7.86. The number of hydrogen-bond acceptors (Lipinski definition) is 13. The second-order valence-corrected chi connectivity index (χ2v) is 18.8. The van der Waals surface area contributed by atoms with Crippen molar-refractivity contribution in [1.29, 1.82) is 0 Å². The van der Waals surface area contributed by atoms with Crippen LogP contribution in [-0.2, 0) is 47.6 Å². The lowest BCUT2D eigenvalue weighted by Crippen LogP contribution is -2.42. The molecule has 1 saturated carbocycles. The lowest BCUT2D eigenvalue weighted by atomic mass is 9.91. The molecule has 0 spiro atoms. The fraction of sp³-hybridized carbons (Fsp3) is 0.836. The van der Waals surface area contributed by atoms with Crippen molar-refractivity contribution in [3.05, 3.63) is 24.3 Å². The number of aliphatic hydroxyl groups is 1. The van der Waals surface area contributed by atoms with E-state index in [9.17, 15) is 29.1 Å². The van der Waals surface area contributed by atoms with E-state index in [4.69, 9.17) is 28.4 Å². The van der Waals surface area contributed by atoms with E-state index >= 15 is 0 Å².